The van der Waals surface area contributed by atoms with Gasteiger partial charge in [-0.25, -0.2) is 4.39 Å². The second kappa shape index (κ2) is 4.50. The van der Waals surface area contributed by atoms with E-state index in [-0.39, 0.29) is 5.82 Å². The van der Waals surface area contributed by atoms with Crippen molar-refractivity contribution in [3.8, 4) is 0 Å². The van der Waals surface area contributed by atoms with Crippen molar-refractivity contribution in [1.82, 2.24) is 0 Å². The molecule has 0 amide bonds. The Kier molecular flexibility index (Phi) is 3.27. The van der Waals surface area contributed by atoms with Crippen molar-refractivity contribution in [1.29, 1.82) is 0 Å². The van der Waals surface area contributed by atoms with E-state index in [0.29, 0.717) is 16.9 Å². The molecule has 0 heterocycles. The van der Waals surface area contributed by atoms with E-state index in [1.165, 1.54) is 18.9 Å². The van der Waals surface area contributed by atoms with Gasteiger partial charge in [0.15, 0.2) is 0 Å². The maximum absolute atomic E-state index is 13.5. The first-order valence-corrected chi connectivity index (χ1v) is 5.72. The largest absolute Gasteiger partial charge is 0.330 e. The molecule has 0 saturated heterocycles. The first kappa shape index (κ1) is 10.9. The van der Waals surface area contributed by atoms with Crippen molar-refractivity contribution in [3.63, 3.8) is 0 Å². The molecule has 0 aromatic heterocycles. The summed E-state index contributed by atoms with van der Waals surface area (Å²) >= 11 is 5.70. The summed E-state index contributed by atoms with van der Waals surface area (Å²) in [6, 6.07) is 4.91. The van der Waals surface area contributed by atoms with Crippen LogP contribution in [0.4, 0.5) is 4.39 Å². The molecule has 0 aliphatic heterocycles. The second-order valence-electron chi connectivity index (χ2n) is 4.27. The van der Waals surface area contributed by atoms with E-state index in [4.69, 9.17) is 17.3 Å². The number of halogens is 2. The van der Waals surface area contributed by atoms with Crippen molar-refractivity contribution < 1.29 is 4.39 Å². The summed E-state index contributed by atoms with van der Waals surface area (Å²) in [5.74, 6) is 0.955. The Labute approximate surface area is 94.4 Å². The SMILES string of the molecule is NCC1CCC1Cc1ccc(Cl)cc1F. The van der Waals surface area contributed by atoms with Gasteiger partial charge in [0.1, 0.15) is 5.82 Å². The van der Waals surface area contributed by atoms with Crippen LogP contribution >= 0.6 is 11.6 Å². The smallest absolute Gasteiger partial charge is 0.127 e. The molecule has 2 N–H and O–H groups in total. The van der Waals surface area contributed by atoms with Crippen LogP contribution in [-0.2, 0) is 6.42 Å². The minimum atomic E-state index is -0.190. The number of hydrogen-bond donors (Lipinski definition) is 1. The van der Waals surface area contributed by atoms with Crippen LogP contribution in [0.15, 0.2) is 18.2 Å². The number of benzene rings is 1. The van der Waals surface area contributed by atoms with Gasteiger partial charge in [-0.15, -0.1) is 0 Å². The van der Waals surface area contributed by atoms with Crippen LogP contribution in [0.5, 0.6) is 0 Å². The molecule has 0 bridgehead atoms. The van der Waals surface area contributed by atoms with E-state index in [0.717, 1.165) is 18.5 Å². The molecule has 2 atom stereocenters. The topological polar surface area (TPSA) is 26.0 Å². The Hall–Kier alpha value is -0.600. The van der Waals surface area contributed by atoms with Crippen molar-refractivity contribution in [2.24, 2.45) is 17.6 Å². The number of rotatable bonds is 3. The molecule has 1 aromatic rings. The summed E-state index contributed by atoms with van der Waals surface area (Å²) in [5, 5.41) is 0.459. The molecule has 1 saturated carbocycles. The Morgan fingerprint density at radius 3 is 2.60 bits per heavy atom. The quantitative estimate of drug-likeness (QED) is 0.844. The van der Waals surface area contributed by atoms with Gasteiger partial charge in [0, 0.05) is 5.02 Å². The van der Waals surface area contributed by atoms with Crippen molar-refractivity contribution in [2.45, 2.75) is 19.3 Å². The molecule has 1 aromatic carbocycles. The van der Waals surface area contributed by atoms with E-state index in [1.54, 1.807) is 12.1 Å². The zero-order valence-electron chi connectivity index (χ0n) is 8.55. The molecule has 2 unspecified atom stereocenters. The van der Waals surface area contributed by atoms with Gasteiger partial charge in [0.05, 0.1) is 0 Å². The van der Waals surface area contributed by atoms with Gasteiger partial charge < -0.3 is 5.73 Å². The molecule has 2 rings (SSSR count). The zero-order valence-corrected chi connectivity index (χ0v) is 9.30. The molecule has 1 aliphatic carbocycles. The summed E-state index contributed by atoms with van der Waals surface area (Å²) in [5.41, 5.74) is 6.39. The first-order valence-electron chi connectivity index (χ1n) is 5.34. The molecule has 82 valence electrons. The van der Waals surface area contributed by atoms with E-state index in [9.17, 15) is 4.39 Å². The van der Waals surface area contributed by atoms with Gasteiger partial charge in [0.2, 0.25) is 0 Å². The Bertz CT molecular complexity index is 351. The lowest BCUT2D eigenvalue weighted by Gasteiger charge is -2.36. The lowest BCUT2D eigenvalue weighted by atomic mass is 9.71. The first-order chi connectivity index (χ1) is 7.20. The lowest BCUT2D eigenvalue weighted by molar-refractivity contribution is 0.182. The number of hydrogen-bond acceptors (Lipinski definition) is 1. The van der Waals surface area contributed by atoms with Crippen LogP contribution in [-0.4, -0.2) is 6.54 Å². The van der Waals surface area contributed by atoms with Gasteiger partial charge in [-0.05, 0) is 55.3 Å². The Morgan fingerprint density at radius 1 is 1.33 bits per heavy atom. The fourth-order valence-electron chi connectivity index (χ4n) is 2.19. The van der Waals surface area contributed by atoms with Crippen LogP contribution in [0.1, 0.15) is 18.4 Å². The third-order valence-electron chi connectivity index (χ3n) is 3.37. The molecular formula is C12H15ClFN. The highest BCUT2D eigenvalue weighted by molar-refractivity contribution is 6.30. The third-order valence-corrected chi connectivity index (χ3v) is 3.61. The van der Waals surface area contributed by atoms with Gasteiger partial charge >= 0.3 is 0 Å². The molecule has 15 heavy (non-hydrogen) atoms. The van der Waals surface area contributed by atoms with Gasteiger partial charge in [-0.1, -0.05) is 17.7 Å². The molecule has 0 spiro atoms. The fraction of sp³-hybridized carbons (Fsp3) is 0.500. The molecule has 1 nitrogen and oxygen atoms in total. The normalized spacial score (nSPS) is 25.0. The maximum atomic E-state index is 13.5. The van der Waals surface area contributed by atoms with Crippen molar-refractivity contribution in [3.05, 3.63) is 34.6 Å². The minimum absolute atomic E-state index is 0.190. The van der Waals surface area contributed by atoms with Crippen molar-refractivity contribution in [2.75, 3.05) is 6.54 Å². The third kappa shape index (κ3) is 2.32. The zero-order chi connectivity index (χ0) is 10.8. The molecule has 3 heteroatoms. The monoisotopic (exact) mass is 227 g/mol. The van der Waals surface area contributed by atoms with E-state index < -0.39 is 0 Å². The van der Waals surface area contributed by atoms with Crippen LogP contribution in [0.3, 0.4) is 0 Å². The highest BCUT2D eigenvalue weighted by Crippen LogP contribution is 2.36. The van der Waals surface area contributed by atoms with Crippen LogP contribution in [0.2, 0.25) is 5.02 Å². The summed E-state index contributed by atoms with van der Waals surface area (Å²) in [6.45, 7) is 0.722. The fourth-order valence-corrected chi connectivity index (χ4v) is 2.35. The summed E-state index contributed by atoms with van der Waals surface area (Å²) in [6.07, 6.45) is 3.16. The average molecular weight is 228 g/mol. The predicted molar refractivity (Wildman–Crippen MR) is 60.4 cm³/mol. The standard InChI is InChI=1S/C12H15ClFN/c13-11-4-3-9(12(14)6-11)5-8-1-2-10(8)7-15/h3-4,6,8,10H,1-2,5,7,15H2. The van der Waals surface area contributed by atoms with Gasteiger partial charge in [-0.2, -0.15) is 0 Å². The molecule has 1 aliphatic rings. The highest BCUT2D eigenvalue weighted by Gasteiger charge is 2.29. The van der Waals surface area contributed by atoms with Crippen LogP contribution in [0.25, 0.3) is 0 Å². The predicted octanol–water partition coefficient (Wildman–Crippen LogP) is 3.01. The van der Waals surface area contributed by atoms with E-state index in [1.807, 2.05) is 0 Å². The Balaban J connectivity index is 2.04. The number of nitrogens with two attached hydrogens (primary N) is 1. The second-order valence-corrected chi connectivity index (χ2v) is 4.71. The molecule has 1 fully saturated rings. The Morgan fingerprint density at radius 2 is 2.07 bits per heavy atom. The van der Waals surface area contributed by atoms with E-state index in [2.05, 4.69) is 0 Å². The summed E-state index contributed by atoms with van der Waals surface area (Å²) < 4.78 is 13.5. The maximum Gasteiger partial charge on any atom is 0.127 e. The van der Waals surface area contributed by atoms with E-state index >= 15 is 0 Å². The van der Waals surface area contributed by atoms with Crippen LogP contribution in [0, 0.1) is 17.7 Å². The lowest BCUT2D eigenvalue weighted by Crippen LogP contribution is -2.33. The summed E-state index contributed by atoms with van der Waals surface area (Å²) in [7, 11) is 0. The van der Waals surface area contributed by atoms with Crippen LogP contribution < -0.4 is 5.73 Å². The average Bonchev–Trinajstić information content (AvgIpc) is 2.15. The van der Waals surface area contributed by atoms with Crippen molar-refractivity contribution >= 4 is 11.6 Å². The molecular weight excluding hydrogens is 213 g/mol. The van der Waals surface area contributed by atoms with Gasteiger partial charge in [0.25, 0.3) is 0 Å². The molecule has 0 radical (unpaired) electrons. The minimum Gasteiger partial charge on any atom is -0.330 e. The highest BCUT2D eigenvalue weighted by atomic mass is 35.5. The van der Waals surface area contributed by atoms with Gasteiger partial charge in [-0.3, -0.25) is 0 Å². The summed E-state index contributed by atoms with van der Waals surface area (Å²) in [4.78, 5) is 0.